The molecule has 0 unspecified atom stereocenters. The molecular formula is C15H19N5O4. The molecule has 9 heteroatoms. The fourth-order valence-electron chi connectivity index (χ4n) is 2.71. The van der Waals surface area contributed by atoms with Gasteiger partial charge in [0.05, 0.1) is 13.2 Å². The summed E-state index contributed by atoms with van der Waals surface area (Å²) in [5, 5.41) is 10.7. The maximum atomic E-state index is 12.7. The molecule has 1 N–H and O–H groups in total. The van der Waals surface area contributed by atoms with Gasteiger partial charge in [0.15, 0.2) is 0 Å². The third kappa shape index (κ3) is 3.16. The third-order valence-corrected chi connectivity index (χ3v) is 3.89. The minimum atomic E-state index is -0.334. The van der Waals surface area contributed by atoms with Crippen molar-refractivity contribution in [3.05, 3.63) is 30.1 Å². The van der Waals surface area contributed by atoms with Crippen molar-refractivity contribution >= 4 is 11.7 Å². The molecule has 3 rings (SSSR count). The summed E-state index contributed by atoms with van der Waals surface area (Å²) >= 11 is 0. The van der Waals surface area contributed by atoms with Gasteiger partial charge in [-0.15, -0.1) is 10.2 Å². The highest BCUT2D eigenvalue weighted by atomic mass is 16.5. The zero-order chi connectivity index (χ0) is 17.1. The number of hydrogen-bond donors (Lipinski definition) is 1. The number of carbonyl (C=O) groups excluding carboxylic acids is 1. The molecule has 1 fully saturated rings. The van der Waals surface area contributed by atoms with E-state index in [0.29, 0.717) is 36.3 Å². The number of nitrogens with one attached hydrogen (secondary N) is 1. The zero-order valence-corrected chi connectivity index (χ0v) is 13.7. The predicted octanol–water partition coefficient (Wildman–Crippen LogP) is 1.78. The summed E-state index contributed by atoms with van der Waals surface area (Å²) in [6, 6.07) is 2.80. The van der Waals surface area contributed by atoms with Gasteiger partial charge in [0.25, 0.3) is 0 Å². The Kier molecular flexibility index (Phi) is 4.61. The third-order valence-electron chi connectivity index (χ3n) is 3.89. The van der Waals surface area contributed by atoms with E-state index < -0.39 is 0 Å². The maximum Gasteiger partial charge on any atom is 0.322 e. The van der Waals surface area contributed by atoms with Gasteiger partial charge in [-0.3, -0.25) is 0 Å². The quantitative estimate of drug-likeness (QED) is 0.909. The monoisotopic (exact) mass is 333 g/mol. The maximum absolute atomic E-state index is 12.7. The molecular weight excluding hydrogens is 314 g/mol. The first-order chi connectivity index (χ1) is 11.6. The molecule has 24 heavy (non-hydrogen) atoms. The lowest BCUT2D eigenvalue weighted by Crippen LogP contribution is -2.35. The smallest absolute Gasteiger partial charge is 0.322 e. The minimum absolute atomic E-state index is 0.0937. The molecule has 2 amide bonds. The van der Waals surface area contributed by atoms with Crippen LogP contribution in [0, 0.1) is 6.92 Å². The number of ether oxygens (including phenoxy) is 2. The fraction of sp³-hybridized carbons (Fsp3) is 0.467. The van der Waals surface area contributed by atoms with Crippen LogP contribution in [0.1, 0.15) is 24.2 Å². The summed E-state index contributed by atoms with van der Waals surface area (Å²) in [6.45, 7) is 2.14. The van der Waals surface area contributed by atoms with E-state index in [1.54, 1.807) is 37.3 Å². The van der Waals surface area contributed by atoms with E-state index >= 15 is 0 Å². The van der Waals surface area contributed by atoms with Crippen molar-refractivity contribution in [2.75, 3.05) is 26.1 Å². The number of carbonyl (C=O) groups is 1. The van der Waals surface area contributed by atoms with Gasteiger partial charge in [-0.25, -0.2) is 9.78 Å². The average molecular weight is 333 g/mol. The first-order valence-electron chi connectivity index (χ1n) is 7.51. The van der Waals surface area contributed by atoms with Crippen LogP contribution < -0.4 is 10.1 Å². The molecule has 0 aromatic carbocycles. The van der Waals surface area contributed by atoms with Crippen molar-refractivity contribution in [2.45, 2.75) is 25.5 Å². The number of pyridine rings is 1. The van der Waals surface area contributed by atoms with Crippen LogP contribution in [0.25, 0.3) is 0 Å². The molecule has 2 atom stereocenters. The number of nitrogens with zero attached hydrogens (tertiary/aromatic N) is 4. The number of urea groups is 1. The predicted molar refractivity (Wildman–Crippen MR) is 83.7 cm³/mol. The summed E-state index contributed by atoms with van der Waals surface area (Å²) in [6.07, 6.45) is 2.09. The Hall–Kier alpha value is -2.68. The first kappa shape index (κ1) is 16.2. The van der Waals surface area contributed by atoms with Crippen LogP contribution in [0.3, 0.4) is 0 Å². The van der Waals surface area contributed by atoms with Crippen LogP contribution in [-0.4, -0.2) is 53.0 Å². The van der Waals surface area contributed by atoms with Gasteiger partial charge in [0, 0.05) is 33.2 Å². The number of methoxy groups -OCH3 is 2. The number of anilines is 1. The Labute approximate surface area is 139 Å². The highest BCUT2D eigenvalue weighted by molar-refractivity contribution is 5.91. The van der Waals surface area contributed by atoms with Crippen LogP contribution in [0.15, 0.2) is 22.7 Å². The molecule has 0 radical (unpaired) electrons. The van der Waals surface area contributed by atoms with Crippen molar-refractivity contribution in [2.24, 2.45) is 0 Å². The molecule has 0 aliphatic carbocycles. The van der Waals surface area contributed by atoms with E-state index in [4.69, 9.17) is 13.9 Å². The van der Waals surface area contributed by atoms with Crippen molar-refractivity contribution < 1.29 is 18.7 Å². The topological polar surface area (TPSA) is 103 Å². The fourth-order valence-corrected chi connectivity index (χ4v) is 2.71. The zero-order valence-electron chi connectivity index (χ0n) is 13.7. The van der Waals surface area contributed by atoms with Gasteiger partial charge >= 0.3 is 6.03 Å². The van der Waals surface area contributed by atoms with Gasteiger partial charge in [-0.1, -0.05) is 0 Å². The van der Waals surface area contributed by atoms with Gasteiger partial charge in [0.1, 0.15) is 11.7 Å². The molecule has 2 aromatic heterocycles. The second kappa shape index (κ2) is 6.83. The standard InChI is InChI=1S/C15H19N5O4/c1-9-18-19-14(24-9)12-7-10(22-2)8-20(12)15(21)17-11-5-4-6-16-13(11)23-3/h4-6,10,12H,7-8H2,1-3H3,(H,17,21)/t10-,12+/m0/s1. The summed E-state index contributed by atoms with van der Waals surface area (Å²) in [4.78, 5) is 18.4. The summed E-state index contributed by atoms with van der Waals surface area (Å²) in [7, 11) is 3.12. The number of hydrogen-bond acceptors (Lipinski definition) is 7. The average Bonchev–Trinajstić information content (AvgIpc) is 3.21. The minimum Gasteiger partial charge on any atom is -0.480 e. The van der Waals surface area contributed by atoms with E-state index in [2.05, 4.69) is 20.5 Å². The normalized spacial score (nSPS) is 20.2. The number of likely N-dealkylation sites (tertiary alicyclic amines) is 1. The van der Waals surface area contributed by atoms with Crippen LogP contribution in [-0.2, 0) is 4.74 Å². The molecule has 128 valence electrons. The number of aryl methyl sites for hydroxylation is 1. The molecule has 3 heterocycles. The van der Waals surface area contributed by atoms with Crippen molar-refractivity contribution in [3.63, 3.8) is 0 Å². The Morgan fingerprint density at radius 1 is 1.42 bits per heavy atom. The second-order valence-electron chi connectivity index (χ2n) is 5.41. The lowest BCUT2D eigenvalue weighted by Gasteiger charge is -2.22. The van der Waals surface area contributed by atoms with Gasteiger partial charge in [-0.2, -0.15) is 0 Å². The van der Waals surface area contributed by atoms with Crippen molar-refractivity contribution in [1.29, 1.82) is 0 Å². The first-order valence-corrected chi connectivity index (χ1v) is 7.51. The summed E-state index contributed by atoms with van der Waals surface area (Å²) < 4.78 is 16.1. The lowest BCUT2D eigenvalue weighted by atomic mass is 10.2. The SMILES string of the molecule is COc1ncccc1NC(=O)N1C[C@@H](OC)C[C@@H]1c1nnc(C)o1. The molecule has 1 aliphatic rings. The second-order valence-corrected chi connectivity index (χ2v) is 5.41. The number of amides is 2. The Balaban J connectivity index is 1.81. The molecule has 0 bridgehead atoms. The van der Waals surface area contributed by atoms with Crippen molar-refractivity contribution in [1.82, 2.24) is 20.1 Å². The van der Waals surface area contributed by atoms with Gasteiger partial charge in [0.2, 0.25) is 17.7 Å². The van der Waals surface area contributed by atoms with Crippen LogP contribution in [0.4, 0.5) is 10.5 Å². The molecule has 9 nitrogen and oxygen atoms in total. The number of rotatable bonds is 4. The molecule has 1 aliphatic heterocycles. The van der Waals surface area contributed by atoms with E-state index in [0.717, 1.165) is 0 Å². The molecule has 1 saturated heterocycles. The van der Waals surface area contributed by atoms with Gasteiger partial charge < -0.3 is 24.1 Å². The largest absolute Gasteiger partial charge is 0.480 e. The Bertz CT molecular complexity index is 719. The van der Waals surface area contributed by atoms with E-state index in [9.17, 15) is 4.79 Å². The molecule has 0 spiro atoms. The highest BCUT2D eigenvalue weighted by Gasteiger charge is 2.39. The summed E-state index contributed by atoms with van der Waals surface area (Å²) in [5.74, 6) is 1.21. The lowest BCUT2D eigenvalue weighted by molar-refractivity contribution is 0.111. The van der Waals surface area contributed by atoms with Gasteiger partial charge in [-0.05, 0) is 12.1 Å². The van der Waals surface area contributed by atoms with E-state index in [1.807, 2.05) is 0 Å². The van der Waals surface area contributed by atoms with E-state index in [-0.39, 0.29) is 18.2 Å². The number of aromatic nitrogens is 3. The van der Waals surface area contributed by atoms with Crippen molar-refractivity contribution in [3.8, 4) is 5.88 Å². The Morgan fingerprint density at radius 3 is 2.92 bits per heavy atom. The highest BCUT2D eigenvalue weighted by Crippen LogP contribution is 2.33. The molecule has 2 aromatic rings. The van der Waals surface area contributed by atoms with Crippen LogP contribution >= 0.6 is 0 Å². The molecule has 0 saturated carbocycles. The van der Waals surface area contributed by atoms with Crippen LogP contribution in [0.2, 0.25) is 0 Å². The summed E-state index contributed by atoms with van der Waals surface area (Å²) in [5.41, 5.74) is 0.492. The van der Waals surface area contributed by atoms with E-state index in [1.165, 1.54) is 7.11 Å². The van der Waals surface area contributed by atoms with Crippen LogP contribution in [0.5, 0.6) is 5.88 Å². The Morgan fingerprint density at radius 2 is 2.25 bits per heavy atom.